The number of hydrogen-bond acceptors (Lipinski definition) is 1. The molecule has 0 amide bonds. The van der Waals surface area contributed by atoms with Crippen LogP contribution in [0.3, 0.4) is 0 Å². The minimum absolute atomic E-state index is 0.937. The number of hydrogen-bond donors (Lipinski definition) is 0. The van der Waals surface area contributed by atoms with Gasteiger partial charge in [0.05, 0.1) is 5.70 Å². The molecule has 0 aromatic carbocycles. The Morgan fingerprint density at radius 1 is 1.55 bits per heavy atom. The van der Waals surface area contributed by atoms with E-state index in [0.717, 1.165) is 18.5 Å². The SMILES string of the molecule is C\C=C/C=N/C(=C/Cl)CCC. The van der Waals surface area contributed by atoms with E-state index in [-0.39, 0.29) is 0 Å². The van der Waals surface area contributed by atoms with Gasteiger partial charge in [0, 0.05) is 11.7 Å². The van der Waals surface area contributed by atoms with Gasteiger partial charge in [0.1, 0.15) is 0 Å². The highest BCUT2D eigenvalue weighted by Crippen LogP contribution is 2.06. The minimum Gasteiger partial charge on any atom is -0.260 e. The van der Waals surface area contributed by atoms with Gasteiger partial charge in [0.25, 0.3) is 0 Å². The molecule has 0 aliphatic carbocycles. The van der Waals surface area contributed by atoms with Crippen LogP contribution >= 0.6 is 11.6 Å². The summed E-state index contributed by atoms with van der Waals surface area (Å²) in [6.45, 7) is 4.06. The van der Waals surface area contributed by atoms with Crippen LogP contribution in [0.2, 0.25) is 0 Å². The topological polar surface area (TPSA) is 12.4 Å². The van der Waals surface area contributed by atoms with Gasteiger partial charge in [-0.15, -0.1) is 0 Å². The van der Waals surface area contributed by atoms with E-state index in [2.05, 4.69) is 11.9 Å². The summed E-state index contributed by atoms with van der Waals surface area (Å²) in [6, 6.07) is 0. The second-order valence-electron chi connectivity index (χ2n) is 2.15. The van der Waals surface area contributed by atoms with Crippen LogP contribution in [0.1, 0.15) is 26.7 Å². The summed E-state index contributed by atoms with van der Waals surface area (Å²) in [4.78, 5) is 4.14. The van der Waals surface area contributed by atoms with Crippen molar-refractivity contribution in [2.45, 2.75) is 26.7 Å². The molecule has 11 heavy (non-hydrogen) atoms. The van der Waals surface area contributed by atoms with Crippen molar-refractivity contribution in [2.24, 2.45) is 4.99 Å². The molecule has 0 bridgehead atoms. The molecule has 1 nitrogen and oxygen atoms in total. The quantitative estimate of drug-likeness (QED) is 0.574. The molecule has 62 valence electrons. The maximum absolute atomic E-state index is 5.53. The standard InChI is InChI=1S/C9H14ClN/c1-3-5-7-11-9(8-10)6-4-2/h3,5,7-8H,4,6H2,1-2H3/b5-3-,9-8+,11-7+. The molecule has 0 aromatic rings. The van der Waals surface area contributed by atoms with Gasteiger partial charge in [-0.3, -0.25) is 4.99 Å². The maximum Gasteiger partial charge on any atom is 0.0516 e. The zero-order chi connectivity index (χ0) is 8.53. The molecule has 0 fully saturated rings. The van der Waals surface area contributed by atoms with E-state index >= 15 is 0 Å². The number of halogens is 1. The van der Waals surface area contributed by atoms with E-state index < -0.39 is 0 Å². The van der Waals surface area contributed by atoms with Gasteiger partial charge in [-0.05, 0) is 19.4 Å². The predicted molar refractivity (Wildman–Crippen MR) is 52.2 cm³/mol. The molecule has 0 radical (unpaired) electrons. The summed E-state index contributed by atoms with van der Waals surface area (Å²) in [5, 5.41) is 0. The number of nitrogens with zero attached hydrogens (tertiary/aromatic N) is 1. The van der Waals surface area contributed by atoms with E-state index in [1.165, 1.54) is 5.54 Å². The van der Waals surface area contributed by atoms with Crippen molar-refractivity contribution in [3.8, 4) is 0 Å². The lowest BCUT2D eigenvalue weighted by atomic mass is 10.3. The zero-order valence-electron chi connectivity index (χ0n) is 7.05. The highest BCUT2D eigenvalue weighted by molar-refractivity contribution is 6.25. The van der Waals surface area contributed by atoms with Gasteiger partial charge >= 0.3 is 0 Å². The molecule has 0 rings (SSSR count). The van der Waals surface area contributed by atoms with Crippen LogP contribution in [-0.4, -0.2) is 6.21 Å². The molecule has 0 spiro atoms. The molecule has 0 aliphatic heterocycles. The van der Waals surface area contributed by atoms with E-state index in [0.29, 0.717) is 0 Å². The van der Waals surface area contributed by atoms with Gasteiger partial charge in [0.15, 0.2) is 0 Å². The Kier molecular flexibility index (Phi) is 7.16. The third-order valence-corrected chi connectivity index (χ3v) is 1.40. The molecule has 0 atom stereocenters. The van der Waals surface area contributed by atoms with E-state index in [9.17, 15) is 0 Å². The summed E-state index contributed by atoms with van der Waals surface area (Å²) >= 11 is 5.53. The summed E-state index contributed by atoms with van der Waals surface area (Å²) in [6.07, 6.45) is 7.59. The Labute approximate surface area is 73.5 Å². The summed E-state index contributed by atoms with van der Waals surface area (Å²) in [7, 11) is 0. The first-order valence-corrected chi connectivity index (χ1v) is 4.23. The Hall–Kier alpha value is -0.560. The normalized spacial score (nSPS) is 13.5. The van der Waals surface area contributed by atoms with Crippen LogP contribution in [0, 0.1) is 0 Å². The highest BCUT2D eigenvalue weighted by atomic mass is 35.5. The molecule has 2 heteroatoms. The van der Waals surface area contributed by atoms with E-state index in [1.54, 1.807) is 6.21 Å². The van der Waals surface area contributed by atoms with Crippen molar-refractivity contribution in [3.63, 3.8) is 0 Å². The lowest BCUT2D eigenvalue weighted by molar-refractivity contribution is 0.897. The minimum atomic E-state index is 0.937. The first-order chi connectivity index (χ1) is 5.35. The largest absolute Gasteiger partial charge is 0.260 e. The number of allylic oxidation sites excluding steroid dienone is 3. The van der Waals surface area contributed by atoms with Gasteiger partial charge in [-0.2, -0.15) is 0 Å². The lowest BCUT2D eigenvalue weighted by Gasteiger charge is -1.93. The van der Waals surface area contributed by atoms with Crippen molar-refractivity contribution in [1.82, 2.24) is 0 Å². The summed E-state index contributed by atoms with van der Waals surface area (Å²) in [5.41, 5.74) is 2.47. The van der Waals surface area contributed by atoms with Crippen molar-refractivity contribution >= 4 is 17.8 Å². The summed E-state index contributed by atoms with van der Waals surface area (Å²) in [5.74, 6) is 0. The van der Waals surface area contributed by atoms with Crippen LogP contribution in [0.5, 0.6) is 0 Å². The smallest absolute Gasteiger partial charge is 0.0516 e. The average molecular weight is 172 g/mol. The first-order valence-electron chi connectivity index (χ1n) is 3.79. The van der Waals surface area contributed by atoms with Gasteiger partial charge in [-0.1, -0.05) is 31.0 Å². The van der Waals surface area contributed by atoms with E-state index in [1.807, 2.05) is 19.1 Å². The van der Waals surface area contributed by atoms with Crippen LogP contribution in [0.25, 0.3) is 0 Å². The van der Waals surface area contributed by atoms with Crippen molar-refractivity contribution in [3.05, 3.63) is 23.4 Å². The van der Waals surface area contributed by atoms with Crippen molar-refractivity contribution in [1.29, 1.82) is 0 Å². The van der Waals surface area contributed by atoms with E-state index in [4.69, 9.17) is 11.6 Å². The van der Waals surface area contributed by atoms with Crippen LogP contribution in [0.4, 0.5) is 0 Å². The number of aliphatic imine (C=N–C) groups is 1. The van der Waals surface area contributed by atoms with Crippen LogP contribution in [-0.2, 0) is 0 Å². The molecule has 0 saturated carbocycles. The molecular formula is C9H14ClN. The van der Waals surface area contributed by atoms with Gasteiger partial charge in [-0.25, -0.2) is 0 Å². The molecule has 0 heterocycles. The fraction of sp³-hybridized carbons (Fsp3) is 0.444. The third kappa shape index (κ3) is 5.86. The van der Waals surface area contributed by atoms with Crippen molar-refractivity contribution < 1.29 is 0 Å². The predicted octanol–water partition coefficient (Wildman–Crippen LogP) is 3.51. The molecule has 0 aliphatic rings. The molecular weight excluding hydrogens is 158 g/mol. The Balaban J connectivity index is 3.88. The Bertz CT molecular complexity index is 168. The second kappa shape index (κ2) is 7.55. The highest BCUT2D eigenvalue weighted by Gasteiger charge is 1.87. The molecule has 0 saturated heterocycles. The Morgan fingerprint density at radius 3 is 2.73 bits per heavy atom. The zero-order valence-corrected chi connectivity index (χ0v) is 7.80. The maximum atomic E-state index is 5.53. The average Bonchev–Trinajstić information content (AvgIpc) is 2.03. The Morgan fingerprint density at radius 2 is 2.27 bits per heavy atom. The molecule has 0 N–H and O–H groups in total. The first kappa shape index (κ1) is 10.4. The van der Waals surface area contributed by atoms with Gasteiger partial charge in [0.2, 0.25) is 0 Å². The fourth-order valence-corrected chi connectivity index (χ4v) is 0.794. The fourth-order valence-electron chi connectivity index (χ4n) is 0.628. The van der Waals surface area contributed by atoms with Crippen molar-refractivity contribution in [2.75, 3.05) is 0 Å². The van der Waals surface area contributed by atoms with Crippen LogP contribution in [0.15, 0.2) is 28.4 Å². The summed E-state index contributed by atoms with van der Waals surface area (Å²) < 4.78 is 0. The van der Waals surface area contributed by atoms with Gasteiger partial charge < -0.3 is 0 Å². The molecule has 0 aromatic heterocycles. The second-order valence-corrected chi connectivity index (χ2v) is 2.37. The number of rotatable bonds is 4. The lowest BCUT2D eigenvalue weighted by Crippen LogP contribution is -1.76. The van der Waals surface area contributed by atoms with Crippen LogP contribution < -0.4 is 0 Å². The molecule has 0 unspecified atom stereocenters. The monoisotopic (exact) mass is 171 g/mol. The third-order valence-electron chi connectivity index (χ3n) is 1.15.